The summed E-state index contributed by atoms with van der Waals surface area (Å²) in [6.45, 7) is 12.9. The third-order valence-corrected chi connectivity index (χ3v) is 7.44. The Labute approximate surface area is 178 Å². The van der Waals surface area contributed by atoms with Crippen molar-refractivity contribution in [1.82, 2.24) is 9.62 Å². The number of hydrogen-bond acceptors (Lipinski definition) is 5. The average Bonchev–Trinajstić information content (AvgIpc) is 2.83. The summed E-state index contributed by atoms with van der Waals surface area (Å²) in [7, 11) is 2.11. The fourth-order valence-electron chi connectivity index (χ4n) is 4.24. The maximum absolute atomic E-state index is 13.0. The molecule has 1 aromatic carbocycles. The number of anilines is 1. The summed E-state index contributed by atoms with van der Waals surface area (Å²) in [4.78, 5) is 16.7. The number of para-hydroxylation sites is 1. The summed E-state index contributed by atoms with van der Waals surface area (Å²) in [6, 6.07) is 8.28. The molecule has 29 heavy (non-hydrogen) atoms. The van der Waals surface area contributed by atoms with Crippen LogP contribution in [-0.4, -0.2) is 51.6 Å². The largest absolute Gasteiger partial charge is 0.598 e. The zero-order chi connectivity index (χ0) is 21.6. The second kappa shape index (κ2) is 7.67. The standard InChI is InChI=1S/C22H35N3O3S/c1-20(2,3)28-19(26)25-14-12-22(13-15-25)18(23-29(27)21(4,5)6)16-10-8-9-11-17(16)24(22)7/h8-11,18,23H,12-15H2,1-7H3/t18-,29?/m0/s1. The number of rotatable bonds is 2. The van der Waals surface area contributed by atoms with Gasteiger partial charge in [0.25, 0.3) is 0 Å². The summed E-state index contributed by atoms with van der Waals surface area (Å²) < 4.78 is 21.6. The third kappa shape index (κ3) is 4.37. The van der Waals surface area contributed by atoms with Gasteiger partial charge in [-0.2, -0.15) is 0 Å². The van der Waals surface area contributed by atoms with Crippen molar-refractivity contribution in [3.05, 3.63) is 29.8 Å². The van der Waals surface area contributed by atoms with Gasteiger partial charge in [0.2, 0.25) is 0 Å². The fraction of sp³-hybridized carbons (Fsp3) is 0.682. The van der Waals surface area contributed by atoms with Crippen LogP contribution < -0.4 is 9.62 Å². The maximum Gasteiger partial charge on any atom is 0.410 e. The van der Waals surface area contributed by atoms with Crippen molar-refractivity contribution in [2.75, 3.05) is 25.0 Å². The van der Waals surface area contributed by atoms with Crippen LogP contribution in [0.25, 0.3) is 0 Å². The molecule has 0 aliphatic carbocycles. The molecule has 0 saturated carbocycles. The van der Waals surface area contributed by atoms with Crippen molar-refractivity contribution < 1.29 is 14.1 Å². The Bertz CT molecular complexity index is 748. The van der Waals surface area contributed by atoms with Gasteiger partial charge in [-0.05, 0) is 66.0 Å². The molecule has 1 unspecified atom stereocenters. The highest BCUT2D eigenvalue weighted by Crippen LogP contribution is 2.51. The molecule has 2 atom stereocenters. The lowest BCUT2D eigenvalue weighted by Crippen LogP contribution is -2.59. The molecule has 2 aliphatic heterocycles. The van der Waals surface area contributed by atoms with Crippen LogP contribution in [0.15, 0.2) is 24.3 Å². The van der Waals surface area contributed by atoms with Gasteiger partial charge in [0, 0.05) is 37.2 Å². The molecule has 6 nitrogen and oxygen atoms in total. The second-order valence-electron chi connectivity index (χ2n) is 10.1. The summed E-state index contributed by atoms with van der Waals surface area (Å²) >= 11 is -1.19. The molecule has 1 fully saturated rings. The molecule has 1 amide bonds. The Morgan fingerprint density at radius 3 is 2.31 bits per heavy atom. The third-order valence-electron chi connectivity index (χ3n) is 5.88. The number of ether oxygens (including phenoxy) is 1. The van der Waals surface area contributed by atoms with Crippen LogP contribution in [0.3, 0.4) is 0 Å². The molecule has 0 radical (unpaired) electrons. The van der Waals surface area contributed by atoms with E-state index in [4.69, 9.17) is 4.74 Å². The monoisotopic (exact) mass is 421 g/mol. The number of amides is 1. The van der Waals surface area contributed by atoms with Gasteiger partial charge in [-0.3, -0.25) is 0 Å². The summed E-state index contributed by atoms with van der Waals surface area (Å²) in [5.74, 6) is 0. The molecule has 2 aliphatic rings. The Balaban J connectivity index is 1.84. The molecule has 1 saturated heterocycles. The number of hydrogen-bond donors (Lipinski definition) is 1. The first-order valence-electron chi connectivity index (χ1n) is 10.3. The van der Waals surface area contributed by atoms with Gasteiger partial charge in [-0.25, -0.2) is 4.79 Å². The van der Waals surface area contributed by atoms with E-state index < -0.39 is 17.0 Å². The fourth-order valence-corrected chi connectivity index (χ4v) is 5.16. The zero-order valence-corrected chi connectivity index (χ0v) is 19.6. The van der Waals surface area contributed by atoms with Gasteiger partial charge in [-0.1, -0.05) is 18.2 Å². The van der Waals surface area contributed by atoms with E-state index in [-0.39, 0.29) is 22.4 Å². The van der Waals surface area contributed by atoms with Gasteiger partial charge in [0.05, 0.1) is 5.54 Å². The van der Waals surface area contributed by atoms with Gasteiger partial charge in [-0.15, -0.1) is 4.72 Å². The number of piperidine rings is 1. The number of nitrogens with zero attached hydrogens (tertiary/aromatic N) is 2. The number of likely N-dealkylation sites (N-methyl/N-ethyl adjacent to an activating group) is 1. The van der Waals surface area contributed by atoms with Crippen molar-refractivity contribution in [2.24, 2.45) is 0 Å². The van der Waals surface area contributed by atoms with E-state index in [9.17, 15) is 9.35 Å². The van der Waals surface area contributed by atoms with Crippen LogP contribution in [0.1, 0.15) is 66.0 Å². The first-order valence-corrected chi connectivity index (χ1v) is 11.5. The van der Waals surface area contributed by atoms with Crippen LogP contribution in [0.2, 0.25) is 0 Å². The van der Waals surface area contributed by atoms with Crippen LogP contribution in [0, 0.1) is 0 Å². The quantitative estimate of drug-likeness (QED) is 0.731. The minimum atomic E-state index is -1.19. The predicted octanol–water partition coefficient (Wildman–Crippen LogP) is 4.00. The molecule has 162 valence electrons. The highest BCUT2D eigenvalue weighted by atomic mass is 32.2. The van der Waals surface area contributed by atoms with Crippen LogP contribution in [0.5, 0.6) is 0 Å². The van der Waals surface area contributed by atoms with Crippen molar-refractivity contribution >= 4 is 23.1 Å². The summed E-state index contributed by atoms with van der Waals surface area (Å²) in [6.07, 6.45) is 1.32. The van der Waals surface area contributed by atoms with Crippen molar-refractivity contribution in [3.8, 4) is 0 Å². The molecular weight excluding hydrogens is 386 g/mol. The second-order valence-corrected chi connectivity index (χ2v) is 12.1. The highest BCUT2D eigenvalue weighted by Gasteiger charge is 2.54. The molecule has 7 heteroatoms. The SMILES string of the molecule is CN1c2ccccc2[C@H](N[S+]([O-])C(C)(C)C)C12CCN(C(=O)OC(C)(C)C)CC2. The van der Waals surface area contributed by atoms with E-state index in [2.05, 4.69) is 28.8 Å². The van der Waals surface area contributed by atoms with E-state index in [1.807, 2.05) is 53.7 Å². The lowest BCUT2D eigenvalue weighted by molar-refractivity contribution is 0.0154. The number of benzene rings is 1. The molecule has 1 aromatic rings. The van der Waals surface area contributed by atoms with Crippen LogP contribution >= 0.6 is 0 Å². The molecular formula is C22H35N3O3S. The van der Waals surface area contributed by atoms with Crippen LogP contribution in [-0.2, 0) is 16.1 Å². The first-order chi connectivity index (χ1) is 13.3. The Morgan fingerprint density at radius 2 is 1.76 bits per heavy atom. The lowest BCUT2D eigenvalue weighted by Gasteiger charge is -2.47. The van der Waals surface area contributed by atoms with Crippen molar-refractivity contribution in [1.29, 1.82) is 0 Å². The number of nitrogens with one attached hydrogen (secondary N) is 1. The zero-order valence-electron chi connectivity index (χ0n) is 18.7. The van der Waals surface area contributed by atoms with E-state index >= 15 is 0 Å². The minimum Gasteiger partial charge on any atom is -0.598 e. The van der Waals surface area contributed by atoms with Gasteiger partial charge < -0.3 is 19.1 Å². The number of carbonyl (C=O) groups excluding carboxylic acids is 1. The van der Waals surface area contributed by atoms with E-state index in [0.29, 0.717) is 13.1 Å². The molecule has 1 N–H and O–H groups in total. The summed E-state index contributed by atoms with van der Waals surface area (Å²) in [5, 5.41) is 0. The molecule has 1 spiro atoms. The number of fused-ring (bicyclic) bond motifs is 1. The lowest BCUT2D eigenvalue weighted by atomic mass is 9.80. The Kier molecular flexibility index (Phi) is 5.89. The highest BCUT2D eigenvalue weighted by molar-refractivity contribution is 7.90. The average molecular weight is 422 g/mol. The van der Waals surface area contributed by atoms with E-state index in [1.54, 1.807) is 4.90 Å². The number of likely N-dealkylation sites (tertiary alicyclic amines) is 1. The molecule has 2 heterocycles. The first kappa shape index (κ1) is 22.2. The van der Waals surface area contributed by atoms with E-state index in [0.717, 1.165) is 12.8 Å². The van der Waals surface area contributed by atoms with Crippen molar-refractivity contribution in [3.63, 3.8) is 0 Å². The number of carbonyl (C=O) groups is 1. The smallest absolute Gasteiger partial charge is 0.410 e. The molecule has 0 bridgehead atoms. The van der Waals surface area contributed by atoms with E-state index in [1.165, 1.54) is 11.3 Å². The minimum absolute atomic E-state index is 0.0513. The Hall–Kier alpha value is -1.44. The predicted molar refractivity (Wildman–Crippen MR) is 118 cm³/mol. The Morgan fingerprint density at radius 1 is 1.17 bits per heavy atom. The maximum atomic E-state index is 13.0. The normalized spacial score (nSPS) is 22.6. The van der Waals surface area contributed by atoms with Gasteiger partial charge in [0.15, 0.2) is 0 Å². The van der Waals surface area contributed by atoms with Gasteiger partial charge >= 0.3 is 6.09 Å². The van der Waals surface area contributed by atoms with Gasteiger partial charge in [0.1, 0.15) is 16.4 Å². The topological polar surface area (TPSA) is 67.9 Å². The summed E-state index contributed by atoms with van der Waals surface area (Å²) in [5.41, 5.74) is 1.63. The molecule has 3 rings (SSSR count). The molecule has 0 aromatic heterocycles. The van der Waals surface area contributed by atoms with Crippen LogP contribution in [0.4, 0.5) is 10.5 Å². The van der Waals surface area contributed by atoms with Crippen molar-refractivity contribution in [2.45, 2.75) is 76.3 Å².